The number of ketones is 1. The van der Waals surface area contributed by atoms with E-state index < -0.39 is 5.97 Å². The van der Waals surface area contributed by atoms with Crippen LogP contribution in [0, 0.1) is 0 Å². The highest BCUT2D eigenvalue weighted by molar-refractivity contribution is 6.07. The van der Waals surface area contributed by atoms with Crippen LogP contribution in [0.3, 0.4) is 0 Å². The Morgan fingerprint density at radius 1 is 1.04 bits per heavy atom. The first-order valence-electron chi connectivity index (χ1n) is 8.72. The summed E-state index contributed by atoms with van der Waals surface area (Å²) in [6.45, 7) is 2.79. The lowest BCUT2D eigenvalue weighted by atomic mass is 10.1. The molecule has 2 aromatic carbocycles. The van der Waals surface area contributed by atoms with Crippen LogP contribution in [0.1, 0.15) is 15.9 Å². The summed E-state index contributed by atoms with van der Waals surface area (Å²) in [7, 11) is 0. The molecule has 1 fully saturated rings. The van der Waals surface area contributed by atoms with Crippen molar-refractivity contribution in [2.24, 2.45) is 0 Å². The van der Waals surface area contributed by atoms with E-state index in [-0.39, 0.29) is 12.4 Å². The number of anilines is 1. The van der Waals surface area contributed by atoms with E-state index in [2.05, 4.69) is 4.90 Å². The maximum Gasteiger partial charge on any atom is 0.341 e. The SMILES string of the molecule is O=C(O)COc1ccc(C=CC(=O)c2ccc(N3CCOCC3)cc2)cc1. The summed E-state index contributed by atoms with van der Waals surface area (Å²) in [5.74, 6) is -0.626. The average molecular weight is 367 g/mol. The standard InChI is InChI=1S/C21H21NO5/c23-20(10-3-16-1-8-19(9-2-16)27-15-21(24)25)17-4-6-18(7-5-17)22-11-13-26-14-12-22/h1-10H,11-15H2,(H,24,25). The lowest BCUT2D eigenvalue weighted by molar-refractivity contribution is -0.139. The van der Waals surface area contributed by atoms with Gasteiger partial charge in [-0.05, 0) is 48.0 Å². The predicted octanol–water partition coefficient (Wildman–Crippen LogP) is 2.88. The fourth-order valence-electron chi connectivity index (χ4n) is 2.75. The van der Waals surface area contributed by atoms with Crippen molar-refractivity contribution in [3.05, 3.63) is 65.7 Å². The third-order valence-corrected chi connectivity index (χ3v) is 4.20. The normalized spacial score (nSPS) is 14.3. The van der Waals surface area contributed by atoms with Gasteiger partial charge in [-0.15, -0.1) is 0 Å². The largest absolute Gasteiger partial charge is 0.482 e. The number of rotatable bonds is 7. The van der Waals surface area contributed by atoms with Gasteiger partial charge in [0, 0.05) is 24.3 Å². The van der Waals surface area contributed by atoms with E-state index in [1.54, 1.807) is 30.3 Å². The molecule has 2 aromatic rings. The van der Waals surface area contributed by atoms with Crippen molar-refractivity contribution in [3.63, 3.8) is 0 Å². The third kappa shape index (κ3) is 5.43. The topological polar surface area (TPSA) is 76.1 Å². The van der Waals surface area contributed by atoms with Gasteiger partial charge in [-0.1, -0.05) is 18.2 Å². The van der Waals surface area contributed by atoms with E-state index >= 15 is 0 Å². The highest BCUT2D eigenvalue weighted by Crippen LogP contribution is 2.18. The minimum absolute atomic E-state index is 0.0743. The van der Waals surface area contributed by atoms with Gasteiger partial charge in [-0.25, -0.2) is 4.79 Å². The van der Waals surface area contributed by atoms with Gasteiger partial charge >= 0.3 is 5.97 Å². The van der Waals surface area contributed by atoms with Crippen LogP contribution in [0.15, 0.2) is 54.6 Å². The lowest BCUT2D eigenvalue weighted by Crippen LogP contribution is -2.36. The molecule has 0 saturated carbocycles. The van der Waals surface area contributed by atoms with Crippen molar-refractivity contribution < 1.29 is 24.2 Å². The van der Waals surface area contributed by atoms with Crippen LogP contribution < -0.4 is 9.64 Å². The van der Waals surface area contributed by atoms with Crippen molar-refractivity contribution in [1.82, 2.24) is 0 Å². The lowest BCUT2D eigenvalue weighted by Gasteiger charge is -2.28. The number of carboxylic acids is 1. The molecule has 0 amide bonds. The molecule has 0 radical (unpaired) electrons. The number of hydrogen-bond acceptors (Lipinski definition) is 5. The zero-order chi connectivity index (χ0) is 19.1. The Kier molecular flexibility index (Phi) is 6.22. The Hall–Kier alpha value is -3.12. The van der Waals surface area contributed by atoms with Crippen molar-refractivity contribution in [2.45, 2.75) is 0 Å². The number of morpholine rings is 1. The number of hydrogen-bond donors (Lipinski definition) is 1. The zero-order valence-electron chi connectivity index (χ0n) is 14.8. The summed E-state index contributed by atoms with van der Waals surface area (Å²) in [6.07, 6.45) is 3.25. The van der Waals surface area contributed by atoms with Crippen molar-refractivity contribution in [1.29, 1.82) is 0 Å². The Morgan fingerprint density at radius 2 is 1.70 bits per heavy atom. The van der Waals surface area contributed by atoms with E-state index in [1.807, 2.05) is 24.3 Å². The van der Waals surface area contributed by atoms with Crippen LogP contribution in [0.25, 0.3) is 6.08 Å². The number of carbonyl (C=O) groups excluding carboxylic acids is 1. The molecule has 6 nitrogen and oxygen atoms in total. The van der Waals surface area contributed by atoms with Crippen LogP contribution in [0.4, 0.5) is 5.69 Å². The average Bonchev–Trinajstić information content (AvgIpc) is 2.72. The predicted molar refractivity (Wildman–Crippen MR) is 102 cm³/mol. The number of nitrogens with zero attached hydrogens (tertiary/aromatic N) is 1. The van der Waals surface area contributed by atoms with Gasteiger partial charge in [0.05, 0.1) is 13.2 Å². The summed E-state index contributed by atoms with van der Waals surface area (Å²) >= 11 is 0. The maximum absolute atomic E-state index is 12.3. The van der Waals surface area contributed by atoms with Gasteiger partial charge in [0.15, 0.2) is 12.4 Å². The van der Waals surface area contributed by atoms with E-state index in [1.165, 1.54) is 6.08 Å². The first kappa shape index (κ1) is 18.7. The second-order valence-corrected chi connectivity index (χ2v) is 6.10. The second kappa shape index (κ2) is 9.00. The number of allylic oxidation sites excluding steroid dienone is 1. The van der Waals surface area contributed by atoms with Crippen molar-refractivity contribution in [2.75, 3.05) is 37.8 Å². The molecular weight excluding hydrogens is 346 g/mol. The minimum Gasteiger partial charge on any atom is -0.482 e. The molecule has 6 heteroatoms. The van der Waals surface area contributed by atoms with Crippen molar-refractivity contribution in [3.8, 4) is 5.75 Å². The van der Waals surface area contributed by atoms with Gasteiger partial charge in [-0.2, -0.15) is 0 Å². The summed E-state index contributed by atoms with van der Waals surface area (Å²) in [5, 5.41) is 8.59. The van der Waals surface area contributed by atoms with E-state index in [4.69, 9.17) is 14.6 Å². The van der Waals surface area contributed by atoms with E-state index in [0.29, 0.717) is 11.3 Å². The van der Waals surface area contributed by atoms with E-state index in [0.717, 1.165) is 37.6 Å². The Morgan fingerprint density at radius 3 is 2.33 bits per heavy atom. The molecule has 0 unspecified atom stereocenters. The van der Waals surface area contributed by atoms with Gasteiger partial charge in [0.25, 0.3) is 0 Å². The van der Waals surface area contributed by atoms with Crippen LogP contribution >= 0.6 is 0 Å². The molecule has 0 atom stereocenters. The molecule has 0 spiro atoms. The fraction of sp³-hybridized carbons (Fsp3) is 0.238. The number of carbonyl (C=O) groups is 2. The van der Waals surface area contributed by atoms with Gasteiger partial charge in [0.2, 0.25) is 0 Å². The van der Waals surface area contributed by atoms with Gasteiger partial charge in [0.1, 0.15) is 5.75 Å². The summed E-state index contributed by atoms with van der Waals surface area (Å²) in [6, 6.07) is 14.5. The molecule has 1 saturated heterocycles. The number of carboxylic acid groups (broad SMARTS) is 1. The molecule has 0 bridgehead atoms. The van der Waals surface area contributed by atoms with Crippen LogP contribution in [0.2, 0.25) is 0 Å². The van der Waals surface area contributed by atoms with Crippen molar-refractivity contribution >= 4 is 23.5 Å². The minimum atomic E-state index is -1.02. The summed E-state index contributed by atoms with van der Waals surface area (Å²) in [5.41, 5.74) is 2.55. The molecule has 27 heavy (non-hydrogen) atoms. The van der Waals surface area contributed by atoms with Crippen LogP contribution in [-0.2, 0) is 9.53 Å². The molecule has 3 rings (SSSR count). The fourth-order valence-corrected chi connectivity index (χ4v) is 2.75. The molecule has 0 aromatic heterocycles. The van der Waals surface area contributed by atoms with Gasteiger partial charge < -0.3 is 19.5 Å². The summed E-state index contributed by atoms with van der Waals surface area (Å²) < 4.78 is 10.4. The maximum atomic E-state index is 12.3. The highest BCUT2D eigenvalue weighted by Gasteiger charge is 2.11. The number of aliphatic carboxylic acids is 1. The second-order valence-electron chi connectivity index (χ2n) is 6.10. The first-order valence-corrected chi connectivity index (χ1v) is 8.72. The Balaban J connectivity index is 1.58. The van der Waals surface area contributed by atoms with E-state index in [9.17, 15) is 9.59 Å². The molecule has 140 valence electrons. The zero-order valence-corrected chi connectivity index (χ0v) is 14.8. The number of benzene rings is 2. The molecule has 1 aliphatic rings. The molecule has 0 aliphatic carbocycles. The smallest absolute Gasteiger partial charge is 0.341 e. The summed E-state index contributed by atoms with van der Waals surface area (Å²) in [4.78, 5) is 25.1. The number of ether oxygens (including phenoxy) is 2. The highest BCUT2D eigenvalue weighted by atomic mass is 16.5. The monoisotopic (exact) mass is 367 g/mol. The quantitative estimate of drug-likeness (QED) is 0.599. The Labute approximate surface area is 157 Å². The van der Waals surface area contributed by atoms with Crippen LogP contribution in [-0.4, -0.2) is 49.8 Å². The molecule has 1 aliphatic heterocycles. The molecule has 1 heterocycles. The van der Waals surface area contributed by atoms with Crippen LogP contribution in [0.5, 0.6) is 5.75 Å². The first-order chi connectivity index (χ1) is 13.1. The molecule has 1 N–H and O–H groups in total. The molecular formula is C21H21NO5. The Bertz CT molecular complexity index is 805. The third-order valence-electron chi connectivity index (χ3n) is 4.20. The van der Waals surface area contributed by atoms with Gasteiger partial charge in [-0.3, -0.25) is 4.79 Å².